The van der Waals surface area contributed by atoms with E-state index in [9.17, 15) is 14.7 Å². The standard InChI is InChI=1S/C17H18Cl2N2O4/c1-9-17(25)20-5-4-10(6-11(20)7-21(9)14(24)8-22)15-13(23)3-2-12(18)16(15)19/h2-3,6,9-10,22-23H,4-5,7-8H2,1H3/t9-,10+/m0/s1. The SMILES string of the molecule is C[C@H]1C(=O)N2CC[C@@H](c3c(O)ccc(Cl)c3Cl)C=C2CN1C(=O)CO. The monoisotopic (exact) mass is 384 g/mol. The van der Waals surface area contributed by atoms with Crippen LogP contribution in [0.5, 0.6) is 5.75 Å². The molecule has 2 aliphatic heterocycles. The molecule has 1 aromatic carbocycles. The maximum Gasteiger partial charge on any atom is 0.249 e. The van der Waals surface area contributed by atoms with E-state index in [1.165, 1.54) is 17.0 Å². The first-order chi connectivity index (χ1) is 11.8. The molecule has 0 aromatic heterocycles. The predicted molar refractivity (Wildman–Crippen MR) is 93.5 cm³/mol. The molecule has 2 heterocycles. The Morgan fingerprint density at radius 1 is 1.36 bits per heavy atom. The zero-order valence-corrected chi connectivity index (χ0v) is 15.1. The molecule has 25 heavy (non-hydrogen) atoms. The number of rotatable bonds is 2. The molecule has 1 saturated heterocycles. The zero-order chi connectivity index (χ0) is 18.3. The van der Waals surface area contributed by atoms with Crippen LogP contribution in [0.25, 0.3) is 0 Å². The zero-order valence-electron chi connectivity index (χ0n) is 13.6. The summed E-state index contributed by atoms with van der Waals surface area (Å²) < 4.78 is 0. The van der Waals surface area contributed by atoms with E-state index in [0.717, 1.165) is 0 Å². The highest BCUT2D eigenvalue weighted by molar-refractivity contribution is 6.42. The van der Waals surface area contributed by atoms with Crippen molar-refractivity contribution in [2.45, 2.75) is 25.3 Å². The largest absolute Gasteiger partial charge is 0.508 e. The molecule has 0 bridgehead atoms. The third kappa shape index (κ3) is 3.10. The number of aliphatic hydroxyl groups is 1. The van der Waals surface area contributed by atoms with Crippen LogP contribution in [0.4, 0.5) is 0 Å². The Bertz CT molecular complexity index is 765. The van der Waals surface area contributed by atoms with Gasteiger partial charge in [0.05, 0.1) is 16.6 Å². The minimum Gasteiger partial charge on any atom is -0.508 e. The van der Waals surface area contributed by atoms with Gasteiger partial charge in [0, 0.05) is 23.7 Å². The van der Waals surface area contributed by atoms with Gasteiger partial charge in [-0.2, -0.15) is 0 Å². The number of aromatic hydroxyl groups is 1. The summed E-state index contributed by atoms with van der Waals surface area (Å²) >= 11 is 12.3. The molecule has 0 unspecified atom stereocenters. The van der Waals surface area contributed by atoms with Crippen molar-refractivity contribution in [2.24, 2.45) is 0 Å². The highest BCUT2D eigenvalue weighted by atomic mass is 35.5. The molecular formula is C17H18Cl2N2O4. The van der Waals surface area contributed by atoms with Crippen molar-refractivity contribution < 1.29 is 19.8 Å². The van der Waals surface area contributed by atoms with Crippen LogP contribution >= 0.6 is 23.2 Å². The van der Waals surface area contributed by atoms with E-state index in [2.05, 4.69) is 0 Å². The van der Waals surface area contributed by atoms with Crippen molar-refractivity contribution in [2.75, 3.05) is 19.7 Å². The normalized spacial score (nSPS) is 23.4. The molecule has 2 atom stereocenters. The highest BCUT2D eigenvalue weighted by Gasteiger charge is 2.39. The van der Waals surface area contributed by atoms with Gasteiger partial charge in [-0.15, -0.1) is 0 Å². The summed E-state index contributed by atoms with van der Waals surface area (Å²) in [6, 6.07) is 2.40. The number of allylic oxidation sites excluding steroid dienone is 1. The summed E-state index contributed by atoms with van der Waals surface area (Å²) in [6.45, 7) is 1.69. The number of fused-ring (bicyclic) bond motifs is 1. The summed E-state index contributed by atoms with van der Waals surface area (Å²) in [5.41, 5.74) is 1.18. The molecule has 2 amide bonds. The second kappa shape index (κ2) is 6.86. The number of hydrogen-bond acceptors (Lipinski definition) is 4. The minimum absolute atomic E-state index is 0.0449. The number of carbonyl (C=O) groups is 2. The van der Waals surface area contributed by atoms with Gasteiger partial charge in [0.1, 0.15) is 18.4 Å². The summed E-state index contributed by atoms with van der Waals surface area (Å²) in [6.07, 6.45) is 2.42. The molecule has 0 spiro atoms. The van der Waals surface area contributed by atoms with Crippen LogP contribution in [0.1, 0.15) is 24.8 Å². The fraction of sp³-hybridized carbons (Fsp3) is 0.412. The Kier molecular flexibility index (Phi) is 4.95. The number of halogens is 2. The molecule has 0 saturated carbocycles. The van der Waals surface area contributed by atoms with E-state index in [4.69, 9.17) is 28.3 Å². The van der Waals surface area contributed by atoms with Crippen molar-refractivity contribution in [3.63, 3.8) is 0 Å². The molecule has 2 aliphatic rings. The molecule has 6 nitrogen and oxygen atoms in total. The van der Waals surface area contributed by atoms with Crippen molar-refractivity contribution in [1.82, 2.24) is 9.80 Å². The Hall–Kier alpha value is -1.76. The van der Waals surface area contributed by atoms with E-state index in [1.807, 2.05) is 6.08 Å². The van der Waals surface area contributed by atoms with Gasteiger partial charge in [-0.25, -0.2) is 0 Å². The van der Waals surface area contributed by atoms with Crippen LogP contribution in [-0.2, 0) is 9.59 Å². The maximum atomic E-state index is 12.5. The average Bonchev–Trinajstić information content (AvgIpc) is 2.61. The summed E-state index contributed by atoms with van der Waals surface area (Å²) in [5, 5.41) is 19.9. The summed E-state index contributed by atoms with van der Waals surface area (Å²) in [5.74, 6) is -0.848. The minimum atomic E-state index is -0.644. The van der Waals surface area contributed by atoms with E-state index >= 15 is 0 Å². The van der Waals surface area contributed by atoms with Gasteiger partial charge >= 0.3 is 0 Å². The fourth-order valence-electron chi connectivity index (χ4n) is 3.41. The quantitative estimate of drug-likeness (QED) is 0.817. The third-order valence-corrected chi connectivity index (χ3v) is 5.58. The lowest BCUT2D eigenvalue weighted by Crippen LogP contribution is -2.57. The van der Waals surface area contributed by atoms with Gasteiger partial charge in [-0.3, -0.25) is 9.59 Å². The van der Waals surface area contributed by atoms with Crippen LogP contribution in [0.2, 0.25) is 10.0 Å². The van der Waals surface area contributed by atoms with E-state index < -0.39 is 18.6 Å². The fourth-order valence-corrected chi connectivity index (χ4v) is 3.87. The number of hydrogen-bond donors (Lipinski definition) is 2. The van der Waals surface area contributed by atoms with Crippen molar-refractivity contribution in [3.05, 3.63) is 39.5 Å². The van der Waals surface area contributed by atoms with E-state index in [0.29, 0.717) is 29.2 Å². The van der Waals surface area contributed by atoms with Crippen LogP contribution in [0.15, 0.2) is 23.9 Å². The lowest BCUT2D eigenvalue weighted by atomic mass is 9.89. The first-order valence-corrected chi connectivity index (χ1v) is 8.70. The predicted octanol–water partition coefficient (Wildman–Crippen LogP) is 2.12. The summed E-state index contributed by atoms with van der Waals surface area (Å²) in [7, 11) is 0. The Morgan fingerprint density at radius 2 is 2.08 bits per heavy atom. The van der Waals surface area contributed by atoms with Gasteiger partial charge in [0.25, 0.3) is 0 Å². The van der Waals surface area contributed by atoms with Crippen LogP contribution < -0.4 is 0 Å². The Labute approximate surface area is 155 Å². The molecule has 0 aliphatic carbocycles. The number of carbonyl (C=O) groups excluding carboxylic acids is 2. The number of nitrogens with zero attached hydrogens (tertiary/aromatic N) is 2. The first kappa shape index (κ1) is 18.0. The van der Waals surface area contributed by atoms with Crippen LogP contribution in [0, 0.1) is 0 Å². The Morgan fingerprint density at radius 3 is 2.76 bits per heavy atom. The molecule has 3 rings (SSSR count). The number of phenols is 1. The van der Waals surface area contributed by atoms with Crippen LogP contribution in [-0.4, -0.2) is 57.6 Å². The lowest BCUT2D eigenvalue weighted by molar-refractivity contribution is -0.149. The van der Waals surface area contributed by atoms with E-state index in [1.54, 1.807) is 11.8 Å². The smallest absolute Gasteiger partial charge is 0.249 e. The molecule has 8 heteroatoms. The van der Waals surface area contributed by atoms with Crippen molar-refractivity contribution >= 4 is 35.0 Å². The van der Waals surface area contributed by atoms with Gasteiger partial charge < -0.3 is 20.0 Å². The molecule has 0 radical (unpaired) electrons. The van der Waals surface area contributed by atoms with E-state index in [-0.39, 0.29) is 29.1 Å². The lowest BCUT2D eigenvalue weighted by Gasteiger charge is -2.43. The number of benzene rings is 1. The molecular weight excluding hydrogens is 367 g/mol. The highest BCUT2D eigenvalue weighted by Crippen LogP contribution is 2.42. The van der Waals surface area contributed by atoms with Gasteiger partial charge in [0.2, 0.25) is 11.8 Å². The average molecular weight is 385 g/mol. The Balaban J connectivity index is 1.98. The number of aliphatic hydroxyl groups excluding tert-OH is 1. The number of amides is 2. The van der Waals surface area contributed by atoms with Crippen molar-refractivity contribution in [3.8, 4) is 5.75 Å². The second-order valence-electron chi connectivity index (χ2n) is 6.19. The molecule has 1 fully saturated rings. The maximum absolute atomic E-state index is 12.5. The molecule has 1 aromatic rings. The second-order valence-corrected chi connectivity index (χ2v) is 6.98. The first-order valence-electron chi connectivity index (χ1n) is 7.94. The number of piperazine rings is 1. The molecule has 134 valence electrons. The van der Waals surface area contributed by atoms with Gasteiger partial charge in [-0.05, 0) is 25.5 Å². The summed E-state index contributed by atoms with van der Waals surface area (Å²) in [4.78, 5) is 27.4. The van der Waals surface area contributed by atoms with Gasteiger partial charge in [0.15, 0.2) is 0 Å². The number of phenolic OH excluding ortho intramolecular Hbond substituents is 1. The third-order valence-electron chi connectivity index (χ3n) is 4.76. The topological polar surface area (TPSA) is 81.1 Å². The van der Waals surface area contributed by atoms with Gasteiger partial charge in [-0.1, -0.05) is 29.3 Å². The van der Waals surface area contributed by atoms with Crippen LogP contribution in [0.3, 0.4) is 0 Å². The van der Waals surface area contributed by atoms with Crippen molar-refractivity contribution in [1.29, 1.82) is 0 Å². The molecule has 2 N–H and O–H groups in total.